The van der Waals surface area contributed by atoms with Gasteiger partial charge in [0.15, 0.2) is 12.6 Å². The number of nitrogens with zero attached hydrogens (tertiary/aromatic N) is 1. The van der Waals surface area contributed by atoms with E-state index in [1.165, 1.54) is 56.3 Å². The van der Waals surface area contributed by atoms with Crippen molar-refractivity contribution < 1.29 is 14.1 Å². The Bertz CT molecular complexity index is 146. The van der Waals surface area contributed by atoms with Gasteiger partial charge in [-0.05, 0) is 25.7 Å². The fourth-order valence-electron chi connectivity index (χ4n) is 2.57. The molecule has 0 aliphatic carbocycles. The van der Waals surface area contributed by atoms with Gasteiger partial charge in [0.05, 0.1) is 26.2 Å². The molecular formula is C14H30NO2+. The van der Waals surface area contributed by atoms with Crippen molar-refractivity contribution in [2.24, 2.45) is 0 Å². The van der Waals surface area contributed by atoms with Crippen LogP contribution in [0.2, 0.25) is 0 Å². The van der Waals surface area contributed by atoms with Crippen LogP contribution in [-0.4, -0.2) is 43.2 Å². The van der Waals surface area contributed by atoms with Crippen LogP contribution in [0.4, 0.5) is 0 Å². The lowest BCUT2D eigenvalue weighted by Crippen LogP contribution is -2.50. The van der Waals surface area contributed by atoms with E-state index in [9.17, 15) is 0 Å². The molecule has 3 nitrogen and oxygen atoms in total. The number of hydrogen-bond donors (Lipinski definition) is 0. The summed E-state index contributed by atoms with van der Waals surface area (Å²) in [7, 11) is 0. The number of rotatable bonds is 9. The minimum Gasteiger partial charge on any atom is -0.324 e. The van der Waals surface area contributed by atoms with Gasteiger partial charge in [0.2, 0.25) is 0 Å². The van der Waals surface area contributed by atoms with E-state index in [0.29, 0.717) is 0 Å². The number of carbonyl (C=O) groups is 2. The highest BCUT2D eigenvalue weighted by Crippen LogP contribution is 2.12. The van der Waals surface area contributed by atoms with E-state index in [2.05, 4.69) is 27.7 Å². The lowest BCUT2D eigenvalue weighted by atomic mass is 10.2. The third kappa shape index (κ3) is 10.2. The zero-order valence-corrected chi connectivity index (χ0v) is 12.1. The highest BCUT2D eigenvalue weighted by Gasteiger charge is 2.22. The monoisotopic (exact) mass is 244 g/mol. The van der Waals surface area contributed by atoms with Gasteiger partial charge in [-0.15, -0.1) is 0 Å². The zero-order chi connectivity index (χ0) is 13.6. The van der Waals surface area contributed by atoms with Gasteiger partial charge >= 0.3 is 0 Å². The topological polar surface area (TPSA) is 34.1 Å². The van der Waals surface area contributed by atoms with Crippen LogP contribution >= 0.6 is 0 Å². The van der Waals surface area contributed by atoms with Gasteiger partial charge in [0.25, 0.3) is 0 Å². The lowest BCUT2D eigenvalue weighted by molar-refractivity contribution is -0.928. The average Bonchev–Trinajstić information content (AvgIpc) is 2.31. The molecule has 0 fully saturated rings. The fraction of sp³-hybridized carbons (Fsp3) is 0.857. The van der Waals surface area contributed by atoms with Crippen molar-refractivity contribution >= 4 is 12.6 Å². The molecule has 0 rings (SSSR count). The number of aldehydes is 2. The maximum atomic E-state index is 8.81. The molecule has 0 unspecified atom stereocenters. The molecule has 17 heavy (non-hydrogen) atoms. The van der Waals surface area contributed by atoms with E-state index in [1.54, 1.807) is 0 Å². The SMILES string of the molecule is CCC[N+](CCC)(CCC)CCC.O=CC=O. The largest absolute Gasteiger partial charge is 0.324 e. The summed E-state index contributed by atoms with van der Waals surface area (Å²) in [6.07, 6.45) is 5.72. The molecule has 102 valence electrons. The van der Waals surface area contributed by atoms with Crippen molar-refractivity contribution in [2.45, 2.75) is 53.4 Å². The van der Waals surface area contributed by atoms with Gasteiger partial charge in [-0.25, -0.2) is 0 Å². The quantitative estimate of drug-likeness (QED) is 0.355. The molecule has 0 bridgehead atoms. The van der Waals surface area contributed by atoms with Crippen LogP contribution in [0.15, 0.2) is 0 Å². The first-order valence-corrected chi connectivity index (χ1v) is 6.90. The van der Waals surface area contributed by atoms with Crippen molar-refractivity contribution in [1.82, 2.24) is 0 Å². The summed E-state index contributed by atoms with van der Waals surface area (Å²) in [5.41, 5.74) is 0. The van der Waals surface area contributed by atoms with E-state index in [-0.39, 0.29) is 12.6 Å². The number of hydrogen-bond acceptors (Lipinski definition) is 2. The Kier molecular flexibility index (Phi) is 14.7. The van der Waals surface area contributed by atoms with Crippen LogP contribution in [0.5, 0.6) is 0 Å². The van der Waals surface area contributed by atoms with E-state index in [1.807, 2.05) is 0 Å². The molecule has 0 radical (unpaired) electrons. The van der Waals surface area contributed by atoms with Gasteiger partial charge < -0.3 is 4.48 Å². The molecule has 0 saturated carbocycles. The van der Waals surface area contributed by atoms with Crippen LogP contribution in [0.3, 0.4) is 0 Å². The maximum Gasteiger partial charge on any atom is 0.182 e. The predicted molar refractivity (Wildman–Crippen MR) is 73.0 cm³/mol. The van der Waals surface area contributed by atoms with E-state index in [0.717, 1.165) is 0 Å². The smallest absolute Gasteiger partial charge is 0.182 e. The zero-order valence-electron chi connectivity index (χ0n) is 12.1. The first-order chi connectivity index (χ1) is 8.16. The van der Waals surface area contributed by atoms with Crippen molar-refractivity contribution in [2.75, 3.05) is 26.2 Å². The first-order valence-electron chi connectivity index (χ1n) is 6.90. The number of carbonyl (C=O) groups excluding carboxylic acids is 2. The van der Waals surface area contributed by atoms with Crippen molar-refractivity contribution in [3.63, 3.8) is 0 Å². The minimum absolute atomic E-state index is 0.194. The molecule has 0 N–H and O–H groups in total. The van der Waals surface area contributed by atoms with Crippen LogP contribution in [0.25, 0.3) is 0 Å². The highest BCUT2D eigenvalue weighted by molar-refractivity contribution is 6.09. The van der Waals surface area contributed by atoms with E-state index >= 15 is 0 Å². The molecule has 0 aromatic carbocycles. The van der Waals surface area contributed by atoms with Crippen molar-refractivity contribution in [1.29, 1.82) is 0 Å². The molecule has 0 heterocycles. The van der Waals surface area contributed by atoms with E-state index in [4.69, 9.17) is 9.59 Å². The van der Waals surface area contributed by atoms with Gasteiger partial charge in [0.1, 0.15) is 0 Å². The molecule has 3 heteroatoms. The summed E-state index contributed by atoms with van der Waals surface area (Å²) in [4.78, 5) is 17.6. The molecule has 0 amide bonds. The second-order valence-electron chi connectivity index (χ2n) is 4.51. The van der Waals surface area contributed by atoms with Crippen LogP contribution in [-0.2, 0) is 9.59 Å². The Labute approximate surface area is 107 Å². The summed E-state index contributed by atoms with van der Waals surface area (Å²) < 4.78 is 1.38. The van der Waals surface area contributed by atoms with E-state index < -0.39 is 0 Å². The predicted octanol–water partition coefficient (Wildman–Crippen LogP) is 2.83. The molecule has 0 aromatic heterocycles. The lowest BCUT2D eigenvalue weighted by Gasteiger charge is -2.38. The van der Waals surface area contributed by atoms with Gasteiger partial charge in [-0.1, -0.05) is 27.7 Å². The average molecular weight is 244 g/mol. The number of quaternary nitrogens is 1. The van der Waals surface area contributed by atoms with Crippen molar-refractivity contribution in [3.05, 3.63) is 0 Å². The molecule has 0 saturated heterocycles. The fourth-order valence-corrected chi connectivity index (χ4v) is 2.57. The van der Waals surface area contributed by atoms with Crippen molar-refractivity contribution in [3.8, 4) is 0 Å². The van der Waals surface area contributed by atoms with Gasteiger partial charge in [-0.2, -0.15) is 0 Å². The summed E-state index contributed by atoms with van der Waals surface area (Å²) in [6, 6.07) is 0. The second kappa shape index (κ2) is 13.4. The Morgan fingerprint density at radius 1 is 0.647 bits per heavy atom. The molecule has 0 atom stereocenters. The Morgan fingerprint density at radius 3 is 1.00 bits per heavy atom. The second-order valence-corrected chi connectivity index (χ2v) is 4.51. The third-order valence-corrected chi connectivity index (χ3v) is 2.85. The summed E-state index contributed by atoms with van der Waals surface area (Å²) in [5, 5.41) is 0. The molecular weight excluding hydrogens is 214 g/mol. The molecule has 0 aromatic rings. The molecule has 0 spiro atoms. The highest BCUT2D eigenvalue weighted by atomic mass is 16.2. The summed E-state index contributed by atoms with van der Waals surface area (Å²) in [6.45, 7) is 14.8. The Hall–Kier alpha value is -0.700. The van der Waals surface area contributed by atoms with Crippen LogP contribution in [0.1, 0.15) is 53.4 Å². The van der Waals surface area contributed by atoms with Gasteiger partial charge in [-0.3, -0.25) is 9.59 Å². The summed E-state index contributed by atoms with van der Waals surface area (Å²) >= 11 is 0. The van der Waals surface area contributed by atoms with Crippen LogP contribution < -0.4 is 0 Å². The first kappa shape index (κ1) is 18.7. The Morgan fingerprint density at radius 2 is 0.882 bits per heavy atom. The molecule has 0 aliphatic rings. The maximum absolute atomic E-state index is 8.81. The summed E-state index contributed by atoms with van der Waals surface area (Å²) in [5.74, 6) is 0. The van der Waals surface area contributed by atoms with Crippen LogP contribution in [0, 0.1) is 0 Å². The van der Waals surface area contributed by atoms with Gasteiger partial charge in [0, 0.05) is 0 Å². The molecule has 0 aliphatic heterocycles. The minimum atomic E-state index is 0.194. The third-order valence-electron chi connectivity index (χ3n) is 2.85. The normalized spacial score (nSPS) is 10.4. The standard InChI is InChI=1S/C12H28N.C2H2O2/c1-5-9-13(10-6-2,11-7-3)12-8-4;3-1-2-4/h5-12H2,1-4H3;1-2H/q+1;. The Balaban J connectivity index is 0.